The number of alkyl halides is 2. The number of hydrogen-bond acceptors (Lipinski definition) is 6. The van der Waals surface area contributed by atoms with Crippen molar-refractivity contribution in [2.75, 3.05) is 19.7 Å². The van der Waals surface area contributed by atoms with E-state index in [0.717, 1.165) is 5.56 Å². The number of halogens is 2. The lowest BCUT2D eigenvalue weighted by molar-refractivity contribution is -0.212. The summed E-state index contributed by atoms with van der Waals surface area (Å²) in [4.78, 5) is 27.9. The topological polar surface area (TPSA) is 102 Å². The minimum atomic E-state index is -2.19. The Morgan fingerprint density at radius 1 is 1.26 bits per heavy atom. The van der Waals surface area contributed by atoms with E-state index in [9.17, 15) is 25.1 Å². The molecule has 0 spiro atoms. The maximum absolute atomic E-state index is 17.5. The van der Waals surface area contributed by atoms with Gasteiger partial charge in [0.05, 0.1) is 23.2 Å². The first kappa shape index (κ1) is 26.5. The van der Waals surface area contributed by atoms with E-state index < -0.39 is 46.7 Å². The predicted molar refractivity (Wildman–Crippen MR) is 138 cm³/mol. The summed E-state index contributed by atoms with van der Waals surface area (Å²) in [6.45, 7) is 4.26. The van der Waals surface area contributed by atoms with Crippen LogP contribution in [0.2, 0.25) is 0 Å². The van der Waals surface area contributed by atoms with Gasteiger partial charge in [-0.2, -0.15) is 5.26 Å². The zero-order valence-corrected chi connectivity index (χ0v) is 22.2. The molecule has 206 valence electrons. The number of hydrogen-bond donors (Lipinski definition) is 2. The molecule has 1 heterocycles. The van der Waals surface area contributed by atoms with Crippen LogP contribution < -0.4 is 0 Å². The average molecular weight is 537 g/mol. The molecule has 0 bridgehead atoms. The molecule has 2 N–H and O–H groups in total. The number of likely N-dealkylation sites (tertiary alicyclic amines) is 1. The van der Waals surface area contributed by atoms with Crippen molar-refractivity contribution in [3.63, 3.8) is 0 Å². The largest absolute Gasteiger partial charge is 0.390 e. The van der Waals surface area contributed by atoms with Crippen molar-refractivity contribution < 1.29 is 28.6 Å². The van der Waals surface area contributed by atoms with Crippen LogP contribution in [0.1, 0.15) is 44.2 Å². The molecular weight excluding hydrogens is 502 g/mol. The summed E-state index contributed by atoms with van der Waals surface area (Å²) in [5.41, 5.74) is -3.95. The second kappa shape index (κ2) is 8.63. The molecule has 0 aromatic heterocycles. The monoisotopic (exact) mass is 536 g/mol. The quantitative estimate of drug-likeness (QED) is 0.611. The van der Waals surface area contributed by atoms with Gasteiger partial charge in [-0.3, -0.25) is 14.5 Å². The van der Waals surface area contributed by atoms with Gasteiger partial charge in [-0.15, -0.1) is 0 Å². The van der Waals surface area contributed by atoms with Gasteiger partial charge in [-0.25, -0.2) is 8.78 Å². The smallest absolute Gasteiger partial charge is 0.178 e. The number of rotatable bonds is 4. The lowest BCUT2D eigenvalue weighted by atomic mass is 9.43. The van der Waals surface area contributed by atoms with Crippen LogP contribution in [-0.2, 0) is 16.1 Å². The van der Waals surface area contributed by atoms with Gasteiger partial charge in [0.25, 0.3) is 0 Å². The minimum Gasteiger partial charge on any atom is -0.390 e. The number of Topliss-reactive ketones (excluding diaryl/α,β-unsaturated/α-hetero) is 1. The van der Waals surface area contributed by atoms with E-state index in [1.54, 1.807) is 13.0 Å². The Bertz CT molecular complexity index is 1350. The Morgan fingerprint density at radius 3 is 2.74 bits per heavy atom. The van der Waals surface area contributed by atoms with Crippen LogP contribution in [0, 0.1) is 45.3 Å². The number of carbonyl (C=O) groups is 2. The molecule has 1 aromatic carbocycles. The molecule has 9 unspecified atom stereocenters. The standard InChI is InChI=1S/C31H34F2N2O4/c1-28-7-6-21(37)10-24(28)25(32)11-23-22-9-20-15-35(14-19-5-3-4-18(8-19)13-34)17-30(20,27(39)16-36)29(22,2)12-26(38)31(23,28)33/h3-8,10,20,22-23,25-26,36,38H,9,11-12,14-17H2,1-2H3. The number of allylic oxidation sites excluding steroid dienone is 4. The summed E-state index contributed by atoms with van der Waals surface area (Å²) >= 11 is 0. The third kappa shape index (κ3) is 3.27. The van der Waals surface area contributed by atoms with Gasteiger partial charge in [0.1, 0.15) is 12.8 Å². The molecule has 1 aromatic rings. The second-order valence-corrected chi connectivity index (χ2v) is 12.8. The molecule has 1 aliphatic heterocycles. The summed E-state index contributed by atoms with van der Waals surface area (Å²) in [6, 6.07) is 9.45. The first-order valence-corrected chi connectivity index (χ1v) is 13.8. The highest BCUT2D eigenvalue weighted by Crippen LogP contribution is 2.74. The number of aliphatic hydroxyl groups excluding tert-OH is 2. The molecule has 5 aliphatic rings. The van der Waals surface area contributed by atoms with Gasteiger partial charge in [0.15, 0.2) is 17.2 Å². The number of nitrogens with zero attached hydrogens (tertiary/aromatic N) is 2. The van der Waals surface area contributed by atoms with Crippen LogP contribution in [0.4, 0.5) is 8.78 Å². The van der Waals surface area contributed by atoms with Crippen molar-refractivity contribution in [3.8, 4) is 6.07 Å². The Labute approximate surface area is 227 Å². The Kier molecular flexibility index (Phi) is 5.86. The van der Waals surface area contributed by atoms with Crippen LogP contribution in [0.15, 0.2) is 48.1 Å². The Balaban J connectivity index is 1.39. The molecule has 6 nitrogen and oxygen atoms in total. The average Bonchev–Trinajstić information content (AvgIpc) is 3.38. The molecule has 4 aliphatic carbocycles. The van der Waals surface area contributed by atoms with Crippen LogP contribution in [-0.4, -0.2) is 64.3 Å². The number of nitriles is 1. The summed E-state index contributed by atoms with van der Waals surface area (Å²) in [7, 11) is 0. The van der Waals surface area contributed by atoms with Crippen molar-refractivity contribution in [3.05, 3.63) is 59.2 Å². The van der Waals surface area contributed by atoms with Crippen molar-refractivity contribution in [1.29, 1.82) is 5.26 Å². The molecular formula is C31H34F2N2O4. The third-order valence-electron chi connectivity index (χ3n) is 11.3. The Hall–Kier alpha value is -2.73. The molecule has 0 radical (unpaired) electrons. The minimum absolute atomic E-state index is 0.00622. The molecule has 6 rings (SSSR count). The molecule has 39 heavy (non-hydrogen) atoms. The normalized spacial score (nSPS) is 44.6. The van der Waals surface area contributed by atoms with E-state index in [1.807, 2.05) is 25.1 Å². The lowest BCUT2D eigenvalue weighted by Crippen LogP contribution is -2.69. The maximum atomic E-state index is 17.5. The molecule has 1 saturated heterocycles. The summed E-state index contributed by atoms with van der Waals surface area (Å²) in [6.07, 6.45) is 1.21. The van der Waals surface area contributed by atoms with Gasteiger partial charge in [0, 0.05) is 31.0 Å². The van der Waals surface area contributed by atoms with E-state index in [0.29, 0.717) is 31.6 Å². The van der Waals surface area contributed by atoms with Gasteiger partial charge >= 0.3 is 0 Å². The van der Waals surface area contributed by atoms with E-state index in [1.165, 1.54) is 18.2 Å². The van der Waals surface area contributed by atoms with Crippen molar-refractivity contribution in [1.82, 2.24) is 4.90 Å². The van der Waals surface area contributed by atoms with Crippen LogP contribution in [0.3, 0.4) is 0 Å². The highest BCUT2D eigenvalue weighted by atomic mass is 19.1. The number of ketones is 2. The third-order valence-corrected chi connectivity index (χ3v) is 11.3. The fraction of sp³-hybridized carbons (Fsp3) is 0.581. The second-order valence-electron chi connectivity index (χ2n) is 12.8. The fourth-order valence-electron chi connectivity index (χ4n) is 9.64. The highest BCUT2D eigenvalue weighted by molar-refractivity contribution is 6.01. The number of aliphatic hydroxyl groups is 2. The molecule has 3 saturated carbocycles. The van der Waals surface area contributed by atoms with Crippen LogP contribution >= 0.6 is 0 Å². The van der Waals surface area contributed by atoms with Crippen molar-refractivity contribution in [2.45, 2.75) is 57.6 Å². The van der Waals surface area contributed by atoms with Crippen LogP contribution in [0.25, 0.3) is 0 Å². The molecule has 8 heteroatoms. The highest BCUT2D eigenvalue weighted by Gasteiger charge is 2.78. The first-order valence-electron chi connectivity index (χ1n) is 13.8. The van der Waals surface area contributed by atoms with Crippen molar-refractivity contribution >= 4 is 11.6 Å². The summed E-state index contributed by atoms with van der Waals surface area (Å²) in [5, 5.41) is 31.1. The number of benzene rings is 1. The lowest BCUT2D eigenvalue weighted by Gasteiger charge is -2.63. The van der Waals surface area contributed by atoms with Gasteiger partial charge in [-0.05, 0) is 78.9 Å². The molecule has 0 amide bonds. The summed E-state index contributed by atoms with van der Waals surface area (Å²) < 4.78 is 33.2. The maximum Gasteiger partial charge on any atom is 0.178 e. The number of fused-ring (bicyclic) bond motifs is 7. The SMILES string of the molecule is CC12C=CC(=O)C=C1C(F)CC1C3CC4CN(Cc5cccc(C#N)c5)CC4(C(=O)CO)C3(C)CC(O)C12F. The number of carbonyl (C=O) groups excluding carboxylic acids is 2. The fourth-order valence-corrected chi connectivity index (χ4v) is 9.64. The van der Waals surface area contributed by atoms with Gasteiger partial charge in [-0.1, -0.05) is 25.1 Å². The van der Waals surface area contributed by atoms with E-state index >= 15 is 8.78 Å². The van der Waals surface area contributed by atoms with Crippen molar-refractivity contribution in [2.24, 2.45) is 34.0 Å². The van der Waals surface area contributed by atoms with E-state index in [2.05, 4.69) is 11.0 Å². The van der Waals surface area contributed by atoms with E-state index in [-0.39, 0.29) is 41.8 Å². The molecule has 9 atom stereocenters. The van der Waals surface area contributed by atoms with Gasteiger partial charge < -0.3 is 10.2 Å². The molecule has 4 fully saturated rings. The summed E-state index contributed by atoms with van der Waals surface area (Å²) in [5.74, 6) is -2.11. The predicted octanol–water partition coefficient (Wildman–Crippen LogP) is 3.47. The van der Waals surface area contributed by atoms with Gasteiger partial charge in [0.2, 0.25) is 0 Å². The first-order chi connectivity index (χ1) is 18.4. The van der Waals surface area contributed by atoms with Crippen LogP contribution in [0.5, 0.6) is 0 Å². The zero-order chi connectivity index (χ0) is 28.0. The zero-order valence-electron chi connectivity index (χ0n) is 22.2. The van der Waals surface area contributed by atoms with E-state index in [4.69, 9.17) is 0 Å². The Morgan fingerprint density at radius 2 is 2.03 bits per heavy atom.